The average Bonchev–Trinajstić information content (AvgIpc) is 2.99. The van der Waals surface area contributed by atoms with E-state index in [1.54, 1.807) is 0 Å². The van der Waals surface area contributed by atoms with Gasteiger partial charge in [0.25, 0.3) is 0 Å². The van der Waals surface area contributed by atoms with Crippen molar-refractivity contribution in [1.82, 2.24) is 5.32 Å². The van der Waals surface area contributed by atoms with Crippen LogP contribution in [0.3, 0.4) is 0 Å². The summed E-state index contributed by atoms with van der Waals surface area (Å²) < 4.78 is 6.36. The first-order valence-corrected chi connectivity index (χ1v) is 7.69. The maximum atomic E-state index is 6.36. The van der Waals surface area contributed by atoms with Crippen LogP contribution in [0.5, 0.6) is 0 Å². The van der Waals surface area contributed by atoms with E-state index >= 15 is 0 Å². The van der Waals surface area contributed by atoms with Crippen molar-refractivity contribution in [2.45, 2.75) is 70.3 Å². The molecule has 2 aliphatic rings. The van der Waals surface area contributed by atoms with Crippen molar-refractivity contribution in [3.05, 3.63) is 0 Å². The van der Waals surface area contributed by atoms with Gasteiger partial charge in [0, 0.05) is 6.54 Å². The summed E-state index contributed by atoms with van der Waals surface area (Å²) in [4.78, 5) is 0. The van der Waals surface area contributed by atoms with Crippen LogP contribution in [0.2, 0.25) is 0 Å². The Bertz CT molecular complexity index is 205. The highest BCUT2D eigenvalue weighted by atomic mass is 16.5. The third-order valence-corrected chi connectivity index (χ3v) is 4.49. The lowest BCUT2D eigenvalue weighted by Gasteiger charge is -2.31. The number of ether oxygens (including phenoxy) is 1. The van der Waals surface area contributed by atoms with Crippen LogP contribution in [0.1, 0.15) is 64.7 Å². The minimum Gasteiger partial charge on any atom is -0.373 e. The molecule has 0 heterocycles. The van der Waals surface area contributed by atoms with E-state index in [-0.39, 0.29) is 5.60 Å². The Morgan fingerprint density at radius 3 is 2.47 bits per heavy atom. The Morgan fingerprint density at radius 2 is 1.82 bits per heavy atom. The third kappa shape index (κ3) is 3.96. The van der Waals surface area contributed by atoms with E-state index in [2.05, 4.69) is 12.2 Å². The van der Waals surface area contributed by atoms with Gasteiger partial charge in [0.05, 0.1) is 12.2 Å². The van der Waals surface area contributed by atoms with Crippen molar-refractivity contribution < 1.29 is 4.74 Å². The van der Waals surface area contributed by atoms with Gasteiger partial charge >= 0.3 is 0 Å². The highest BCUT2D eigenvalue weighted by Gasteiger charge is 2.35. The number of rotatable bonds is 7. The predicted octanol–water partition coefficient (Wildman–Crippen LogP) is 3.51. The molecule has 0 aliphatic heterocycles. The standard InChI is InChI=1S/C15H29NO/c1-2-11-16-13-15(9-5-6-10-15)17-12-14-7-3-4-8-14/h14,16H,2-13H2,1H3. The van der Waals surface area contributed by atoms with Gasteiger partial charge in [-0.2, -0.15) is 0 Å². The van der Waals surface area contributed by atoms with Crippen LogP contribution in [0.25, 0.3) is 0 Å². The molecule has 0 unspecified atom stereocenters. The fourth-order valence-corrected chi connectivity index (χ4v) is 3.36. The van der Waals surface area contributed by atoms with Crippen molar-refractivity contribution in [2.75, 3.05) is 19.7 Å². The van der Waals surface area contributed by atoms with Gasteiger partial charge in [0.1, 0.15) is 0 Å². The molecule has 0 radical (unpaired) electrons. The lowest BCUT2D eigenvalue weighted by Crippen LogP contribution is -2.42. The Labute approximate surface area is 107 Å². The van der Waals surface area contributed by atoms with Crippen LogP contribution in [-0.4, -0.2) is 25.3 Å². The van der Waals surface area contributed by atoms with Gasteiger partial charge < -0.3 is 10.1 Å². The molecule has 2 rings (SSSR count). The molecule has 0 atom stereocenters. The molecule has 2 heteroatoms. The molecule has 1 N–H and O–H groups in total. The highest BCUT2D eigenvalue weighted by Crippen LogP contribution is 2.35. The van der Waals surface area contributed by atoms with Crippen molar-refractivity contribution in [1.29, 1.82) is 0 Å². The van der Waals surface area contributed by atoms with Crippen LogP contribution >= 0.6 is 0 Å². The van der Waals surface area contributed by atoms with E-state index in [4.69, 9.17) is 4.74 Å². The van der Waals surface area contributed by atoms with Crippen molar-refractivity contribution in [2.24, 2.45) is 5.92 Å². The smallest absolute Gasteiger partial charge is 0.0806 e. The van der Waals surface area contributed by atoms with E-state index in [0.717, 1.165) is 25.6 Å². The Morgan fingerprint density at radius 1 is 1.12 bits per heavy atom. The normalized spacial score (nSPS) is 24.5. The molecule has 0 aromatic heterocycles. The summed E-state index contributed by atoms with van der Waals surface area (Å²) in [6.45, 7) is 5.46. The van der Waals surface area contributed by atoms with Crippen LogP contribution in [-0.2, 0) is 4.74 Å². The minimum absolute atomic E-state index is 0.192. The fourth-order valence-electron chi connectivity index (χ4n) is 3.36. The predicted molar refractivity (Wildman–Crippen MR) is 72.3 cm³/mol. The van der Waals surface area contributed by atoms with Crippen molar-refractivity contribution in [3.63, 3.8) is 0 Å². The second-order valence-corrected chi connectivity index (χ2v) is 6.03. The Kier molecular flexibility index (Phi) is 5.30. The van der Waals surface area contributed by atoms with Crippen LogP contribution in [0.15, 0.2) is 0 Å². The maximum Gasteiger partial charge on any atom is 0.0806 e. The van der Waals surface area contributed by atoms with Crippen molar-refractivity contribution >= 4 is 0 Å². The zero-order chi connectivity index (χ0) is 12.0. The number of nitrogens with one attached hydrogen (secondary N) is 1. The largest absolute Gasteiger partial charge is 0.373 e. The van der Waals surface area contributed by atoms with E-state index in [1.807, 2.05) is 0 Å². The number of hydrogen-bond acceptors (Lipinski definition) is 2. The first-order chi connectivity index (χ1) is 8.35. The first kappa shape index (κ1) is 13.4. The average molecular weight is 239 g/mol. The van der Waals surface area contributed by atoms with Gasteiger partial charge in [0.2, 0.25) is 0 Å². The molecule has 2 aliphatic carbocycles. The molecule has 2 fully saturated rings. The zero-order valence-corrected chi connectivity index (χ0v) is 11.5. The lowest BCUT2D eigenvalue weighted by atomic mass is 10.0. The quantitative estimate of drug-likeness (QED) is 0.687. The van der Waals surface area contributed by atoms with Gasteiger partial charge in [-0.15, -0.1) is 0 Å². The molecule has 0 spiro atoms. The molecule has 0 aromatic carbocycles. The van der Waals surface area contributed by atoms with E-state index in [1.165, 1.54) is 57.8 Å². The van der Waals surface area contributed by atoms with E-state index in [0.29, 0.717) is 0 Å². The Hall–Kier alpha value is -0.0800. The monoisotopic (exact) mass is 239 g/mol. The summed E-state index contributed by atoms with van der Waals surface area (Å²) in [5.74, 6) is 0.860. The zero-order valence-electron chi connectivity index (χ0n) is 11.5. The fraction of sp³-hybridized carbons (Fsp3) is 1.00. The van der Waals surface area contributed by atoms with Gasteiger partial charge in [-0.25, -0.2) is 0 Å². The minimum atomic E-state index is 0.192. The summed E-state index contributed by atoms with van der Waals surface area (Å²) in [5, 5.41) is 3.57. The SMILES string of the molecule is CCCNCC1(OCC2CCCC2)CCCC1. The summed E-state index contributed by atoms with van der Waals surface area (Å²) >= 11 is 0. The van der Waals surface area contributed by atoms with Gasteiger partial charge in [0.15, 0.2) is 0 Å². The van der Waals surface area contributed by atoms with Gasteiger partial charge in [-0.3, -0.25) is 0 Å². The second kappa shape index (κ2) is 6.75. The molecule has 0 amide bonds. The van der Waals surface area contributed by atoms with Crippen LogP contribution in [0, 0.1) is 5.92 Å². The van der Waals surface area contributed by atoms with Gasteiger partial charge in [-0.1, -0.05) is 32.6 Å². The molecular formula is C15H29NO. The highest BCUT2D eigenvalue weighted by molar-refractivity contribution is 4.89. The van der Waals surface area contributed by atoms with E-state index < -0.39 is 0 Å². The molecule has 2 nitrogen and oxygen atoms in total. The molecule has 17 heavy (non-hydrogen) atoms. The first-order valence-electron chi connectivity index (χ1n) is 7.69. The summed E-state index contributed by atoms with van der Waals surface area (Å²) in [5.41, 5.74) is 0.192. The summed E-state index contributed by atoms with van der Waals surface area (Å²) in [6.07, 6.45) is 12.1. The topological polar surface area (TPSA) is 21.3 Å². The maximum absolute atomic E-state index is 6.36. The van der Waals surface area contributed by atoms with E-state index in [9.17, 15) is 0 Å². The van der Waals surface area contributed by atoms with Gasteiger partial charge in [-0.05, 0) is 44.6 Å². The number of hydrogen-bond donors (Lipinski definition) is 1. The second-order valence-electron chi connectivity index (χ2n) is 6.03. The molecule has 0 saturated heterocycles. The molecule has 0 aromatic rings. The molecule has 0 bridgehead atoms. The third-order valence-electron chi connectivity index (χ3n) is 4.49. The van der Waals surface area contributed by atoms with Crippen LogP contribution < -0.4 is 5.32 Å². The molecular weight excluding hydrogens is 210 g/mol. The Balaban J connectivity index is 1.74. The molecule has 100 valence electrons. The summed E-state index contributed by atoms with van der Waals surface area (Å²) in [6, 6.07) is 0. The lowest BCUT2D eigenvalue weighted by molar-refractivity contribution is -0.0541. The van der Waals surface area contributed by atoms with Crippen molar-refractivity contribution in [3.8, 4) is 0 Å². The van der Waals surface area contributed by atoms with Crippen LogP contribution in [0.4, 0.5) is 0 Å². The summed E-state index contributed by atoms with van der Waals surface area (Å²) in [7, 11) is 0. The molecule has 2 saturated carbocycles.